The lowest BCUT2D eigenvalue weighted by atomic mass is 10.1. The van der Waals surface area contributed by atoms with E-state index in [2.05, 4.69) is 11.8 Å². The molecule has 0 bridgehead atoms. The second kappa shape index (κ2) is 8.51. The smallest absolute Gasteiger partial charge is 0.323 e. The van der Waals surface area contributed by atoms with Gasteiger partial charge in [-0.15, -0.1) is 0 Å². The van der Waals surface area contributed by atoms with Crippen LogP contribution in [-0.4, -0.2) is 36.6 Å². The average molecular weight is 241 g/mol. The summed E-state index contributed by atoms with van der Waals surface area (Å²) >= 11 is 0. The fourth-order valence-corrected chi connectivity index (χ4v) is 2.52. The summed E-state index contributed by atoms with van der Waals surface area (Å²) in [4.78, 5) is 14.0. The summed E-state index contributed by atoms with van der Waals surface area (Å²) in [5, 5.41) is 0. The molecule has 0 spiro atoms. The zero-order valence-electron chi connectivity index (χ0n) is 11.4. The molecule has 3 nitrogen and oxygen atoms in total. The van der Waals surface area contributed by atoms with E-state index in [1.807, 2.05) is 6.92 Å². The Morgan fingerprint density at radius 3 is 2.71 bits per heavy atom. The lowest BCUT2D eigenvalue weighted by Crippen LogP contribution is -2.37. The normalized spacial score (nSPS) is 20.7. The van der Waals surface area contributed by atoms with Crippen LogP contribution in [-0.2, 0) is 9.53 Å². The summed E-state index contributed by atoms with van der Waals surface area (Å²) < 4.78 is 5.12. The SMILES string of the molecule is CCCCCCCN1CCCC1C(=O)OCC. The van der Waals surface area contributed by atoms with Gasteiger partial charge in [0.15, 0.2) is 0 Å². The average Bonchev–Trinajstić information content (AvgIpc) is 2.77. The van der Waals surface area contributed by atoms with E-state index < -0.39 is 0 Å². The fourth-order valence-electron chi connectivity index (χ4n) is 2.52. The monoisotopic (exact) mass is 241 g/mol. The highest BCUT2D eigenvalue weighted by Gasteiger charge is 2.30. The van der Waals surface area contributed by atoms with Gasteiger partial charge in [-0.1, -0.05) is 32.6 Å². The van der Waals surface area contributed by atoms with Gasteiger partial charge in [-0.3, -0.25) is 9.69 Å². The molecule has 0 aromatic carbocycles. The van der Waals surface area contributed by atoms with Gasteiger partial charge in [0, 0.05) is 0 Å². The molecule has 0 amide bonds. The maximum Gasteiger partial charge on any atom is 0.323 e. The van der Waals surface area contributed by atoms with Crippen molar-refractivity contribution in [3.05, 3.63) is 0 Å². The van der Waals surface area contributed by atoms with Crippen molar-refractivity contribution in [3.8, 4) is 0 Å². The Bertz CT molecular complexity index is 218. The van der Waals surface area contributed by atoms with Gasteiger partial charge in [-0.05, 0) is 39.3 Å². The van der Waals surface area contributed by atoms with E-state index in [1.54, 1.807) is 0 Å². The number of esters is 1. The van der Waals surface area contributed by atoms with Crippen molar-refractivity contribution in [1.29, 1.82) is 0 Å². The Kier molecular flexibility index (Phi) is 7.25. The van der Waals surface area contributed by atoms with Crippen LogP contribution in [0.5, 0.6) is 0 Å². The van der Waals surface area contributed by atoms with Gasteiger partial charge < -0.3 is 4.74 Å². The number of nitrogens with zero attached hydrogens (tertiary/aromatic N) is 1. The third-order valence-corrected chi connectivity index (χ3v) is 3.47. The molecule has 3 heteroatoms. The van der Waals surface area contributed by atoms with Gasteiger partial charge in [0.2, 0.25) is 0 Å². The number of hydrogen-bond acceptors (Lipinski definition) is 3. The lowest BCUT2D eigenvalue weighted by molar-refractivity contribution is -0.148. The number of unbranched alkanes of at least 4 members (excludes halogenated alkanes) is 4. The molecule has 0 aliphatic carbocycles. The number of ether oxygens (including phenoxy) is 1. The molecule has 1 fully saturated rings. The highest BCUT2D eigenvalue weighted by atomic mass is 16.5. The van der Waals surface area contributed by atoms with E-state index in [0.717, 1.165) is 25.9 Å². The van der Waals surface area contributed by atoms with E-state index in [-0.39, 0.29) is 12.0 Å². The van der Waals surface area contributed by atoms with Gasteiger partial charge in [-0.2, -0.15) is 0 Å². The van der Waals surface area contributed by atoms with Crippen LogP contribution in [0.4, 0.5) is 0 Å². The molecule has 0 saturated carbocycles. The Morgan fingerprint density at radius 1 is 1.24 bits per heavy atom. The third-order valence-electron chi connectivity index (χ3n) is 3.47. The molecule has 0 aromatic heterocycles. The van der Waals surface area contributed by atoms with Gasteiger partial charge in [0.1, 0.15) is 6.04 Å². The highest BCUT2D eigenvalue weighted by molar-refractivity contribution is 5.76. The summed E-state index contributed by atoms with van der Waals surface area (Å²) in [5.41, 5.74) is 0. The van der Waals surface area contributed by atoms with Crippen LogP contribution >= 0.6 is 0 Å². The Labute approximate surface area is 106 Å². The van der Waals surface area contributed by atoms with Gasteiger partial charge in [-0.25, -0.2) is 0 Å². The largest absolute Gasteiger partial charge is 0.465 e. The van der Waals surface area contributed by atoms with E-state index in [9.17, 15) is 4.79 Å². The van der Waals surface area contributed by atoms with Crippen LogP contribution in [0, 0.1) is 0 Å². The Morgan fingerprint density at radius 2 is 2.00 bits per heavy atom. The van der Waals surface area contributed by atoms with Crippen molar-refractivity contribution in [3.63, 3.8) is 0 Å². The van der Waals surface area contributed by atoms with Crippen molar-refractivity contribution in [2.24, 2.45) is 0 Å². The van der Waals surface area contributed by atoms with Crippen LogP contribution in [0.3, 0.4) is 0 Å². The molecule has 1 atom stereocenters. The molecular weight excluding hydrogens is 214 g/mol. The summed E-state index contributed by atoms with van der Waals surface area (Å²) in [5.74, 6) is -0.0152. The minimum atomic E-state index is -0.0152. The van der Waals surface area contributed by atoms with Crippen LogP contribution in [0.2, 0.25) is 0 Å². The van der Waals surface area contributed by atoms with Crippen molar-refractivity contribution in [1.82, 2.24) is 4.90 Å². The second-order valence-electron chi connectivity index (χ2n) is 4.86. The van der Waals surface area contributed by atoms with Crippen molar-refractivity contribution < 1.29 is 9.53 Å². The van der Waals surface area contributed by atoms with E-state index in [0.29, 0.717) is 6.61 Å². The summed E-state index contributed by atoms with van der Waals surface area (Å²) in [7, 11) is 0. The Hall–Kier alpha value is -0.570. The first-order valence-corrected chi connectivity index (χ1v) is 7.20. The third kappa shape index (κ3) is 5.07. The molecule has 1 aliphatic heterocycles. The van der Waals surface area contributed by atoms with Crippen molar-refractivity contribution >= 4 is 5.97 Å². The molecule has 1 rings (SSSR count). The molecular formula is C14H27NO2. The highest BCUT2D eigenvalue weighted by Crippen LogP contribution is 2.19. The molecule has 100 valence electrons. The van der Waals surface area contributed by atoms with E-state index in [4.69, 9.17) is 4.74 Å². The van der Waals surface area contributed by atoms with Crippen molar-refractivity contribution in [2.75, 3.05) is 19.7 Å². The number of carbonyl (C=O) groups excluding carboxylic acids is 1. The van der Waals surface area contributed by atoms with Crippen LogP contribution < -0.4 is 0 Å². The lowest BCUT2D eigenvalue weighted by Gasteiger charge is -2.22. The van der Waals surface area contributed by atoms with Crippen molar-refractivity contribution in [2.45, 2.75) is 64.8 Å². The molecule has 1 heterocycles. The standard InChI is InChI=1S/C14H27NO2/c1-3-5-6-7-8-11-15-12-9-10-13(15)14(16)17-4-2/h13H,3-12H2,1-2H3. The summed E-state index contributed by atoms with van der Waals surface area (Å²) in [6.07, 6.45) is 8.58. The second-order valence-corrected chi connectivity index (χ2v) is 4.86. The summed E-state index contributed by atoms with van der Waals surface area (Å²) in [6.45, 7) is 6.74. The zero-order chi connectivity index (χ0) is 12.5. The Balaban J connectivity index is 2.19. The first-order chi connectivity index (χ1) is 8.29. The number of hydrogen-bond donors (Lipinski definition) is 0. The van der Waals surface area contributed by atoms with Gasteiger partial charge >= 0.3 is 5.97 Å². The van der Waals surface area contributed by atoms with E-state index in [1.165, 1.54) is 32.1 Å². The number of likely N-dealkylation sites (tertiary alicyclic amines) is 1. The van der Waals surface area contributed by atoms with Crippen LogP contribution in [0.15, 0.2) is 0 Å². The maximum absolute atomic E-state index is 11.7. The number of rotatable bonds is 8. The predicted octanol–water partition coefficient (Wildman–Crippen LogP) is 2.98. The predicted molar refractivity (Wildman–Crippen MR) is 70.0 cm³/mol. The topological polar surface area (TPSA) is 29.5 Å². The van der Waals surface area contributed by atoms with Gasteiger partial charge in [0.25, 0.3) is 0 Å². The zero-order valence-corrected chi connectivity index (χ0v) is 11.4. The fraction of sp³-hybridized carbons (Fsp3) is 0.929. The first-order valence-electron chi connectivity index (χ1n) is 7.20. The maximum atomic E-state index is 11.7. The minimum Gasteiger partial charge on any atom is -0.465 e. The minimum absolute atomic E-state index is 0.0152. The molecule has 0 N–H and O–H groups in total. The van der Waals surface area contributed by atoms with Crippen LogP contribution in [0.25, 0.3) is 0 Å². The molecule has 0 aromatic rings. The quantitative estimate of drug-likeness (QED) is 0.483. The summed E-state index contributed by atoms with van der Waals surface area (Å²) in [6, 6.07) is 0.0427. The molecule has 1 saturated heterocycles. The molecule has 17 heavy (non-hydrogen) atoms. The molecule has 1 unspecified atom stereocenters. The van der Waals surface area contributed by atoms with E-state index >= 15 is 0 Å². The molecule has 1 aliphatic rings. The first kappa shape index (κ1) is 14.5. The molecule has 0 radical (unpaired) electrons. The van der Waals surface area contributed by atoms with Gasteiger partial charge in [0.05, 0.1) is 6.61 Å². The van der Waals surface area contributed by atoms with Crippen LogP contribution in [0.1, 0.15) is 58.8 Å². The number of carbonyl (C=O) groups is 1.